The summed E-state index contributed by atoms with van der Waals surface area (Å²) in [6, 6.07) is 1.07. The smallest absolute Gasteiger partial charge is 0.328 e. The molecule has 1 unspecified atom stereocenters. The molecule has 0 aromatic carbocycles. The van der Waals surface area contributed by atoms with Crippen molar-refractivity contribution in [2.45, 2.75) is 6.04 Å². The predicted octanol–water partition coefficient (Wildman–Crippen LogP) is 0.0501. The van der Waals surface area contributed by atoms with Crippen molar-refractivity contribution in [2.24, 2.45) is 0 Å². The van der Waals surface area contributed by atoms with E-state index < -0.39 is 23.9 Å². The van der Waals surface area contributed by atoms with Crippen LogP contribution in [-0.4, -0.2) is 41.7 Å². The molecule has 0 radical (unpaired) electrons. The van der Waals surface area contributed by atoms with Crippen LogP contribution in [0.4, 0.5) is 4.39 Å². The Kier molecular flexibility index (Phi) is 4.53. The third-order valence-corrected chi connectivity index (χ3v) is 1.93. The molecule has 0 aliphatic carbocycles. The first-order valence-electron chi connectivity index (χ1n) is 4.68. The molecule has 6 nitrogen and oxygen atoms in total. The van der Waals surface area contributed by atoms with E-state index in [-0.39, 0.29) is 12.2 Å². The summed E-state index contributed by atoms with van der Waals surface area (Å²) in [7, 11) is 1.32. The molecule has 1 atom stereocenters. The normalized spacial score (nSPS) is 11.9. The van der Waals surface area contributed by atoms with E-state index in [4.69, 9.17) is 5.11 Å². The third kappa shape index (κ3) is 3.80. The number of hydrogen-bond donors (Lipinski definition) is 2. The number of nitrogens with zero attached hydrogens (tertiary/aromatic N) is 1. The van der Waals surface area contributed by atoms with Gasteiger partial charge in [-0.05, 0) is 12.1 Å². The summed E-state index contributed by atoms with van der Waals surface area (Å²) in [6.45, 7) is -0.157. The van der Waals surface area contributed by atoms with Gasteiger partial charge >= 0.3 is 5.97 Å². The van der Waals surface area contributed by atoms with Crippen molar-refractivity contribution in [3.05, 3.63) is 29.8 Å². The van der Waals surface area contributed by atoms with Crippen LogP contribution in [0.2, 0.25) is 0 Å². The van der Waals surface area contributed by atoms with Gasteiger partial charge < -0.3 is 15.2 Å². The summed E-state index contributed by atoms with van der Waals surface area (Å²) in [5, 5.41) is 11.0. The minimum absolute atomic E-state index is 0.0775. The van der Waals surface area contributed by atoms with Gasteiger partial charge in [-0.2, -0.15) is 4.39 Å². The zero-order valence-corrected chi connectivity index (χ0v) is 9.01. The molecule has 1 amide bonds. The number of pyridine rings is 1. The second kappa shape index (κ2) is 5.90. The van der Waals surface area contributed by atoms with Crippen molar-refractivity contribution < 1.29 is 23.8 Å². The van der Waals surface area contributed by atoms with Gasteiger partial charge in [0, 0.05) is 13.3 Å². The van der Waals surface area contributed by atoms with Gasteiger partial charge in [-0.15, -0.1) is 0 Å². The highest BCUT2D eigenvalue weighted by molar-refractivity contribution is 5.96. The Bertz CT molecular complexity index is 407. The Morgan fingerprint density at radius 1 is 1.59 bits per heavy atom. The van der Waals surface area contributed by atoms with E-state index in [9.17, 15) is 14.0 Å². The van der Waals surface area contributed by atoms with Gasteiger partial charge in [0.15, 0.2) is 6.04 Å². The highest BCUT2D eigenvalue weighted by Crippen LogP contribution is 2.00. The monoisotopic (exact) mass is 242 g/mol. The van der Waals surface area contributed by atoms with Crippen molar-refractivity contribution in [2.75, 3.05) is 13.7 Å². The van der Waals surface area contributed by atoms with Crippen LogP contribution in [0.5, 0.6) is 0 Å². The Labute approximate surface area is 96.4 Å². The summed E-state index contributed by atoms with van der Waals surface area (Å²) >= 11 is 0. The summed E-state index contributed by atoms with van der Waals surface area (Å²) < 4.78 is 17.2. The van der Waals surface area contributed by atoms with Crippen LogP contribution in [-0.2, 0) is 9.53 Å². The fourth-order valence-electron chi connectivity index (χ4n) is 1.09. The lowest BCUT2D eigenvalue weighted by atomic mass is 10.2. The molecule has 0 aliphatic rings. The maximum atomic E-state index is 12.5. The Hall–Kier alpha value is -2.02. The number of nitrogens with one attached hydrogen (secondary N) is 1. The Balaban J connectivity index is 2.70. The minimum Gasteiger partial charge on any atom is -0.480 e. The molecule has 7 heteroatoms. The molecule has 1 aromatic rings. The lowest BCUT2D eigenvalue weighted by Crippen LogP contribution is -2.43. The van der Waals surface area contributed by atoms with E-state index in [0.717, 1.165) is 12.3 Å². The molecular weight excluding hydrogens is 231 g/mol. The molecule has 1 aromatic heterocycles. The number of amides is 1. The van der Waals surface area contributed by atoms with E-state index in [1.54, 1.807) is 0 Å². The highest BCUT2D eigenvalue weighted by Gasteiger charge is 2.20. The van der Waals surface area contributed by atoms with Crippen LogP contribution in [0.25, 0.3) is 0 Å². The molecule has 0 saturated heterocycles. The molecule has 0 fully saturated rings. The zero-order chi connectivity index (χ0) is 12.8. The largest absolute Gasteiger partial charge is 0.480 e. The fourth-order valence-corrected chi connectivity index (χ4v) is 1.09. The SMILES string of the molecule is COCC(NC(=O)c1ccc(F)nc1)C(=O)O. The average Bonchev–Trinajstić information content (AvgIpc) is 2.29. The topological polar surface area (TPSA) is 88.5 Å². The molecule has 0 spiro atoms. The van der Waals surface area contributed by atoms with E-state index in [0.29, 0.717) is 0 Å². The van der Waals surface area contributed by atoms with Gasteiger partial charge in [0.25, 0.3) is 5.91 Å². The van der Waals surface area contributed by atoms with E-state index in [1.807, 2.05) is 0 Å². The summed E-state index contributed by atoms with van der Waals surface area (Å²) in [5.74, 6) is -2.58. The third-order valence-electron chi connectivity index (χ3n) is 1.93. The fraction of sp³-hybridized carbons (Fsp3) is 0.300. The van der Waals surface area contributed by atoms with E-state index in [2.05, 4.69) is 15.0 Å². The second-order valence-electron chi connectivity index (χ2n) is 3.19. The molecule has 0 bridgehead atoms. The van der Waals surface area contributed by atoms with E-state index in [1.165, 1.54) is 13.2 Å². The number of carbonyl (C=O) groups excluding carboxylic acids is 1. The Morgan fingerprint density at radius 2 is 2.29 bits per heavy atom. The molecule has 92 valence electrons. The predicted molar refractivity (Wildman–Crippen MR) is 55.0 cm³/mol. The number of hydrogen-bond acceptors (Lipinski definition) is 4. The van der Waals surface area contributed by atoms with Crippen LogP contribution in [0.1, 0.15) is 10.4 Å². The number of carboxylic acid groups (broad SMARTS) is 1. The highest BCUT2D eigenvalue weighted by atomic mass is 19.1. The van der Waals surface area contributed by atoms with Crippen LogP contribution in [0.3, 0.4) is 0 Å². The van der Waals surface area contributed by atoms with Crippen molar-refractivity contribution in [3.8, 4) is 0 Å². The van der Waals surface area contributed by atoms with Crippen LogP contribution in [0, 0.1) is 5.95 Å². The number of carboxylic acids is 1. The number of aliphatic carboxylic acids is 1. The average molecular weight is 242 g/mol. The van der Waals surface area contributed by atoms with Gasteiger partial charge in [0.05, 0.1) is 12.2 Å². The standard InChI is InChI=1S/C10H11FN2O4/c1-17-5-7(10(15)16)13-9(14)6-2-3-8(11)12-4-6/h2-4,7H,5H2,1H3,(H,13,14)(H,15,16). The van der Waals surface area contributed by atoms with Gasteiger partial charge in [0.1, 0.15) is 0 Å². The van der Waals surface area contributed by atoms with Crippen molar-refractivity contribution in [1.82, 2.24) is 10.3 Å². The molecular formula is C10H11FN2O4. The van der Waals surface area contributed by atoms with Crippen LogP contribution in [0.15, 0.2) is 18.3 Å². The molecule has 0 aliphatic heterocycles. The molecule has 1 heterocycles. The first-order chi connectivity index (χ1) is 8.04. The number of rotatable bonds is 5. The minimum atomic E-state index is -1.21. The van der Waals surface area contributed by atoms with Crippen molar-refractivity contribution >= 4 is 11.9 Å². The number of methoxy groups -OCH3 is 1. The van der Waals surface area contributed by atoms with E-state index >= 15 is 0 Å². The molecule has 0 saturated carbocycles. The summed E-state index contributed by atoms with van der Waals surface area (Å²) in [6.07, 6.45) is 1.02. The van der Waals surface area contributed by atoms with Gasteiger partial charge in [0.2, 0.25) is 5.95 Å². The first-order valence-corrected chi connectivity index (χ1v) is 4.68. The van der Waals surface area contributed by atoms with Crippen molar-refractivity contribution in [1.29, 1.82) is 0 Å². The van der Waals surface area contributed by atoms with Gasteiger partial charge in [-0.3, -0.25) is 4.79 Å². The lowest BCUT2D eigenvalue weighted by Gasteiger charge is -2.13. The number of halogens is 1. The van der Waals surface area contributed by atoms with Gasteiger partial charge in [-0.1, -0.05) is 0 Å². The lowest BCUT2D eigenvalue weighted by molar-refractivity contribution is -0.140. The summed E-state index contributed by atoms with van der Waals surface area (Å²) in [4.78, 5) is 25.6. The molecule has 1 rings (SSSR count). The maximum absolute atomic E-state index is 12.5. The van der Waals surface area contributed by atoms with Crippen LogP contribution >= 0.6 is 0 Å². The zero-order valence-electron chi connectivity index (χ0n) is 9.01. The quantitative estimate of drug-likeness (QED) is 0.712. The Morgan fingerprint density at radius 3 is 2.76 bits per heavy atom. The number of aromatic nitrogens is 1. The second-order valence-corrected chi connectivity index (χ2v) is 3.19. The summed E-state index contributed by atoms with van der Waals surface area (Å²) in [5.41, 5.74) is 0.0775. The number of ether oxygens (including phenoxy) is 1. The molecule has 2 N–H and O–H groups in total. The number of carbonyl (C=O) groups is 2. The van der Waals surface area contributed by atoms with Crippen LogP contribution < -0.4 is 5.32 Å². The van der Waals surface area contributed by atoms with Crippen molar-refractivity contribution in [3.63, 3.8) is 0 Å². The maximum Gasteiger partial charge on any atom is 0.328 e. The molecule has 17 heavy (non-hydrogen) atoms. The van der Waals surface area contributed by atoms with Gasteiger partial charge in [-0.25, -0.2) is 9.78 Å². The first kappa shape index (κ1) is 13.0.